The largest absolute Gasteiger partial charge is 0.290 e. The highest BCUT2D eigenvalue weighted by molar-refractivity contribution is 7.92. The number of rotatable bonds is 5. The lowest BCUT2D eigenvalue weighted by Gasteiger charge is -2.09. The van der Waals surface area contributed by atoms with Crippen LogP contribution in [-0.2, 0) is 16.6 Å². The molecule has 0 atom stereocenters. The fraction of sp³-hybridized carbons (Fsp3) is 0.0500. The molecular formula is C20H16N2O3S2. The highest BCUT2D eigenvalue weighted by atomic mass is 32.2. The number of hydrogen-bond donors (Lipinski definition) is 1. The van der Waals surface area contributed by atoms with Crippen LogP contribution in [0.5, 0.6) is 0 Å². The molecule has 0 bridgehead atoms. The van der Waals surface area contributed by atoms with E-state index in [1.807, 2.05) is 34.3 Å². The van der Waals surface area contributed by atoms with Crippen molar-refractivity contribution in [1.29, 1.82) is 0 Å². The van der Waals surface area contributed by atoms with Crippen molar-refractivity contribution in [2.45, 2.75) is 11.4 Å². The molecule has 7 heteroatoms. The smallest absolute Gasteiger partial charge is 0.261 e. The number of nitrogens with one attached hydrogen (secondary N) is 1. The quantitative estimate of drug-likeness (QED) is 0.556. The summed E-state index contributed by atoms with van der Waals surface area (Å²) >= 11 is 1.13. The van der Waals surface area contributed by atoms with E-state index < -0.39 is 10.0 Å². The summed E-state index contributed by atoms with van der Waals surface area (Å²) in [5.41, 5.74) is 2.25. The van der Waals surface area contributed by atoms with Crippen LogP contribution in [0.2, 0.25) is 0 Å². The molecule has 0 spiro atoms. The zero-order valence-corrected chi connectivity index (χ0v) is 15.8. The van der Waals surface area contributed by atoms with Crippen molar-refractivity contribution >= 4 is 38.1 Å². The van der Waals surface area contributed by atoms with E-state index in [4.69, 9.17) is 0 Å². The number of nitrogens with zero attached hydrogens (tertiary/aromatic N) is 1. The van der Waals surface area contributed by atoms with Gasteiger partial charge in [-0.25, -0.2) is 8.42 Å². The summed E-state index contributed by atoms with van der Waals surface area (Å²) in [6, 6.07) is 23.1. The topological polar surface area (TPSA) is 68.2 Å². The first kappa shape index (κ1) is 17.5. The lowest BCUT2D eigenvalue weighted by molar-refractivity contribution is 0.601. The van der Waals surface area contributed by atoms with E-state index >= 15 is 0 Å². The number of aromatic nitrogens is 1. The molecule has 136 valence electrons. The molecule has 27 heavy (non-hydrogen) atoms. The Morgan fingerprint density at radius 2 is 1.56 bits per heavy atom. The van der Waals surface area contributed by atoms with Crippen molar-refractivity contribution < 1.29 is 8.42 Å². The van der Waals surface area contributed by atoms with Gasteiger partial charge < -0.3 is 0 Å². The van der Waals surface area contributed by atoms with Crippen molar-refractivity contribution in [2.24, 2.45) is 0 Å². The molecule has 0 aliphatic carbocycles. The second-order valence-corrected chi connectivity index (χ2v) is 8.73. The van der Waals surface area contributed by atoms with E-state index in [-0.39, 0.29) is 9.64 Å². The highest BCUT2D eigenvalue weighted by Crippen LogP contribution is 2.23. The minimum absolute atomic E-state index is 0.0957. The van der Waals surface area contributed by atoms with Gasteiger partial charge in [0, 0.05) is 5.69 Å². The van der Waals surface area contributed by atoms with E-state index in [1.165, 1.54) is 12.1 Å². The van der Waals surface area contributed by atoms with E-state index in [2.05, 4.69) is 4.72 Å². The number of hydrogen-bond acceptors (Lipinski definition) is 4. The molecule has 5 nitrogen and oxygen atoms in total. The minimum atomic E-state index is -3.69. The molecule has 0 aliphatic rings. The molecule has 0 radical (unpaired) electrons. The van der Waals surface area contributed by atoms with Gasteiger partial charge in [0.15, 0.2) is 0 Å². The minimum Gasteiger partial charge on any atom is -0.290 e. The predicted molar refractivity (Wildman–Crippen MR) is 109 cm³/mol. The van der Waals surface area contributed by atoms with E-state index in [0.717, 1.165) is 22.6 Å². The SMILES string of the molecule is O=c1sn(Cc2ccccc2)c2ccc(NS(=O)(=O)c3ccccc3)cc12. The number of anilines is 1. The Morgan fingerprint density at radius 1 is 0.889 bits per heavy atom. The lowest BCUT2D eigenvalue weighted by Crippen LogP contribution is -2.12. The monoisotopic (exact) mass is 396 g/mol. The summed E-state index contributed by atoms with van der Waals surface area (Å²) in [7, 11) is -3.69. The highest BCUT2D eigenvalue weighted by Gasteiger charge is 2.15. The maximum Gasteiger partial charge on any atom is 0.261 e. The van der Waals surface area contributed by atoms with Crippen LogP contribution >= 0.6 is 11.5 Å². The van der Waals surface area contributed by atoms with Crippen LogP contribution < -0.4 is 9.46 Å². The molecule has 3 aromatic carbocycles. The summed E-state index contributed by atoms with van der Waals surface area (Å²) in [4.78, 5) is 12.6. The van der Waals surface area contributed by atoms with Gasteiger partial charge in [0.25, 0.3) is 14.8 Å². The average Bonchev–Trinajstić information content (AvgIpc) is 2.98. The summed E-state index contributed by atoms with van der Waals surface area (Å²) in [6.45, 7) is 0.597. The molecule has 1 N–H and O–H groups in total. The zero-order valence-electron chi connectivity index (χ0n) is 14.2. The summed E-state index contributed by atoms with van der Waals surface area (Å²) < 4.78 is 29.3. The number of benzene rings is 3. The third-order valence-electron chi connectivity index (χ3n) is 4.15. The van der Waals surface area contributed by atoms with Crippen molar-refractivity contribution in [3.05, 3.63) is 94.0 Å². The molecule has 1 aromatic heterocycles. The average molecular weight is 396 g/mol. The Kier molecular flexibility index (Phi) is 4.55. The molecule has 0 saturated carbocycles. The third-order valence-corrected chi connectivity index (χ3v) is 6.48. The van der Waals surface area contributed by atoms with Gasteiger partial charge in [0.1, 0.15) is 0 Å². The van der Waals surface area contributed by atoms with Gasteiger partial charge in [-0.2, -0.15) is 0 Å². The lowest BCUT2D eigenvalue weighted by atomic mass is 10.2. The van der Waals surface area contributed by atoms with Crippen LogP contribution in [0.4, 0.5) is 5.69 Å². The summed E-state index contributed by atoms with van der Waals surface area (Å²) in [5, 5.41) is 0.504. The van der Waals surface area contributed by atoms with E-state index in [0.29, 0.717) is 17.6 Å². The first-order valence-electron chi connectivity index (χ1n) is 8.29. The van der Waals surface area contributed by atoms with Crippen LogP contribution in [0.1, 0.15) is 5.56 Å². The van der Waals surface area contributed by atoms with E-state index in [9.17, 15) is 13.2 Å². The van der Waals surface area contributed by atoms with Gasteiger partial charge in [-0.3, -0.25) is 13.5 Å². The zero-order chi connectivity index (χ0) is 18.9. The van der Waals surface area contributed by atoms with Crippen LogP contribution in [0, 0.1) is 0 Å². The second kappa shape index (κ2) is 7.02. The maximum atomic E-state index is 12.5. The molecular weight excluding hydrogens is 380 g/mol. The second-order valence-electron chi connectivity index (χ2n) is 6.05. The first-order chi connectivity index (χ1) is 13.0. The van der Waals surface area contributed by atoms with Gasteiger partial charge in [0.2, 0.25) is 0 Å². The van der Waals surface area contributed by atoms with Gasteiger partial charge >= 0.3 is 0 Å². The Hall–Kier alpha value is -2.90. The Labute approximate surface area is 160 Å². The Balaban J connectivity index is 1.67. The van der Waals surface area contributed by atoms with Crippen LogP contribution in [0.25, 0.3) is 10.9 Å². The summed E-state index contributed by atoms with van der Waals surface area (Å²) in [5.74, 6) is 0. The molecule has 4 aromatic rings. The molecule has 1 heterocycles. The van der Waals surface area contributed by atoms with Crippen molar-refractivity contribution in [1.82, 2.24) is 3.96 Å². The molecule has 0 aliphatic heterocycles. The van der Waals surface area contributed by atoms with Gasteiger partial charge in [0.05, 0.1) is 22.3 Å². The van der Waals surface area contributed by atoms with Crippen molar-refractivity contribution in [2.75, 3.05) is 4.72 Å². The molecule has 0 saturated heterocycles. The third kappa shape index (κ3) is 3.65. The molecule has 0 amide bonds. The Morgan fingerprint density at radius 3 is 2.26 bits per heavy atom. The van der Waals surface area contributed by atoms with Gasteiger partial charge in [-0.05, 0) is 47.4 Å². The van der Waals surface area contributed by atoms with E-state index in [1.54, 1.807) is 36.4 Å². The normalized spacial score (nSPS) is 11.6. The van der Waals surface area contributed by atoms with Gasteiger partial charge in [-0.15, -0.1) is 0 Å². The fourth-order valence-corrected chi connectivity index (χ4v) is 4.86. The maximum absolute atomic E-state index is 12.5. The molecule has 0 unspecified atom stereocenters. The van der Waals surface area contributed by atoms with Crippen LogP contribution in [0.3, 0.4) is 0 Å². The first-order valence-corrected chi connectivity index (χ1v) is 10.5. The number of fused-ring (bicyclic) bond motifs is 1. The predicted octanol–water partition coefficient (Wildman–Crippen LogP) is 3.91. The van der Waals surface area contributed by atoms with Crippen LogP contribution in [0.15, 0.2) is 88.6 Å². The van der Waals surface area contributed by atoms with Crippen molar-refractivity contribution in [3.8, 4) is 0 Å². The Bertz CT molecular complexity index is 1240. The summed E-state index contributed by atoms with van der Waals surface area (Å²) in [6.07, 6.45) is 0. The molecule has 0 fully saturated rings. The van der Waals surface area contributed by atoms with Gasteiger partial charge in [-0.1, -0.05) is 48.5 Å². The fourth-order valence-electron chi connectivity index (χ4n) is 2.86. The van der Waals surface area contributed by atoms with Crippen molar-refractivity contribution in [3.63, 3.8) is 0 Å². The number of sulfonamides is 1. The standard InChI is InChI=1S/C20H16N2O3S2/c23-20-18-13-16(21-27(24,25)17-9-5-2-6-10-17)11-12-19(18)22(26-20)14-15-7-3-1-4-8-15/h1-13,21H,14H2. The van der Waals surface area contributed by atoms with Crippen LogP contribution in [-0.4, -0.2) is 12.4 Å². The molecule has 4 rings (SSSR count).